The molecule has 2 atom stereocenters. The highest BCUT2D eigenvalue weighted by molar-refractivity contribution is 6.30. The normalized spacial score (nSPS) is 20.2. The van der Waals surface area contributed by atoms with Crippen LogP contribution in [0, 0.1) is 6.92 Å². The highest BCUT2D eigenvalue weighted by Crippen LogP contribution is 2.36. The number of aryl methyl sites for hydroxylation is 1. The molecule has 34 heavy (non-hydrogen) atoms. The summed E-state index contributed by atoms with van der Waals surface area (Å²) < 4.78 is 7.51. The average molecular weight is 484 g/mol. The van der Waals surface area contributed by atoms with E-state index in [1.807, 2.05) is 48.5 Å². The number of halogens is 1. The van der Waals surface area contributed by atoms with Gasteiger partial charge >= 0.3 is 0 Å². The standard InChI is InChI=1S/C25H30ClN5O3/c1-16-13-27-25(28-20-5-9-34-10-6-20)29-23(16)18-12-21-24(33)31(8-7-30(21)14-18)22(15-32)17-3-2-4-19(26)11-17/h2-4,11-14,20,22,24,32-33H,5-10,15H2,1H3,(H,27,28,29)/t22-,24?/m1/s1. The van der Waals surface area contributed by atoms with Crippen molar-refractivity contribution in [1.29, 1.82) is 0 Å². The number of nitrogens with zero attached hydrogens (tertiary/aromatic N) is 4. The lowest BCUT2D eigenvalue weighted by Gasteiger charge is -2.38. The van der Waals surface area contributed by atoms with Crippen molar-refractivity contribution in [2.45, 2.75) is 44.6 Å². The summed E-state index contributed by atoms with van der Waals surface area (Å²) in [5, 5.41) is 25.4. The maximum atomic E-state index is 11.3. The van der Waals surface area contributed by atoms with Crippen molar-refractivity contribution in [1.82, 2.24) is 19.4 Å². The van der Waals surface area contributed by atoms with E-state index in [4.69, 9.17) is 21.3 Å². The monoisotopic (exact) mass is 483 g/mol. The predicted octanol–water partition coefficient (Wildman–Crippen LogP) is 3.54. The van der Waals surface area contributed by atoms with E-state index in [0.29, 0.717) is 30.1 Å². The van der Waals surface area contributed by atoms with Crippen molar-refractivity contribution < 1.29 is 14.9 Å². The summed E-state index contributed by atoms with van der Waals surface area (Å²) in [6, 6.07) is 9.37. The van der Waals surface area contributed by atoms with E-state index in [1.54, 1.807) is 6.07 Å². The summed E-state index contributed by atoms with van der Waals surface area (Å²) >= 11 is 6.17. The van der Waals surface area contributed by atoms with Crippen molar-refractivity contribution in [2.75, 3.05) is 31.7 Å². The Morgan fingerprint density at radius 2 is 2.06 bits per heavy atom. The zero-order valence-corrected chi connectivity index (χ0v) is 19.9. The molecular weight excluding hydrogens is 454 g/mol. The Kier molecular flexibility index (Phi) is 6.85. The van der Waals surface area contributed by atoms with Crippen LogP contribution >= 0.6 is 11.6 Å². The third kappa shape index (κ3) is 4.69. The number of nitrogens with one attached hydrogen (secondary N) is 1. The van der Waals surface area contributed by atoms with Crippen LogP contribution in [0.25, 0.3) is 11.3 Å². The Morgan fingerprint density at radius 3 is 2.82 bits per heavy atom. The number of hydrogen-bond acceptors (Lipinski definition) is 7. The minimum atomic E-state index is -0.861. The van der Waals surface area contributed by atoms with E-state index >= 15 is 0 Å². The Labute approximate surface area is 204 Å². The van der Waals surface area contributed by atoms with Crippen LogP contribution in [-0.2, 0) is 11.3 Å². The average Bonchev–Trinajstić information content (AvgIpc) is 3.28. The molecule has 3 N–H and O–H groups in total. The topological polar surface area (TPSA) is 95.7 Å². The maximum absolute atomic E-state index is 11.3. The fourth-order valence-corrected chi connectivity index (χ4v) is 5.05. The molecular formula is C25H30ClN5O3. The number of aliphatic hydroxyl groups is 2. The number of aliphatic hydroxyl groups excluding tert-OH is 2. The van der Waals surface area contributed by atoms with Gasteiger partial charge in [0, 0.05) is 55.3 Å². The second-order valence-electron chi connectivity index (χ2n) is 8.97. The number of ether oxygens (including phenoxy) is 1. The van der Waals surface area contributed by atoms with Crippen molar-refractivity contribution in [2.24, 2.45) is 0 Å². The summed E-state index contributed by atoms with van der Waals surface area (Å²) in [5.74, 6) is 0.611. The van der Waals surface area contributed by atoms with Gasteiger partial charge in [-0.05, 0) is 49.1 Å². The zero-order chi connectivity index (χ0) is 23.7. The summed E-state index contributed by atoms with van der Waals surface area (Å²) in [6.07, 6.45) is 4.89. The molecule has 0 radical (unpaired) electrons. The van der Waals surface area contributed by atoms with Gasteiger partial charge in [0.15, 0.2) is 0 Å². The molecule has 0 bridgehead atoms. The molecule has 0 amide bonds. The number of fused-ring (bicyclic) bond motifs is 1. The van der Waals surface area contributed by atoms with Gasteiger partial charge in [-0.25, -0.2) is 9.97 Å². The van der Waals surface area contributed by atoms with Crippen molar-refractivity contribution in [3.63, 3.8) is 0 Å². The van der Waals surface area contributed by atoms with E-state index < -0.39 is 6.23 Å². The molecule has 0 spiro atoms. The molecule has 2 aliphatic rings. The summed E-state index contributed by atoms with van der Waals surface area (Å²) in [5.41, 5.74) is 4.41. The van der Waals surface area contributed by atoms with Crippen LogP contribution in [-0.4, -0.2) is 62.1 Å². The van der Waals surface area contributed by atoms with Crippen molar-refractivity contribution in [3.05, 3.63) is 64.6 Å². The first-order chi connectivity index (χ1) is 16.5. The van der Waals surface area contributed by atoms with Crippen LogP contribution in [0.2, 0.25) is 5.02 Å². The first-order valence-corrected chi connectivity index (χ1v) is 12.1. The van der Waals surface area contributed by atoms with Crippen molar-refractivity contribution >= 4 is 17.5 Å². The summed E-state index contributed by atoms with van der Waals surface area (Å²) in [7, 11) is 0. The molecule has 1 saturated heterocycles. The molecule has 2 aromatic heterocycles. The largest absolute Gasteiger partial charge is 0.394 e. The van der Waals surface area contributed by atoms with Gasteiger partial charge in [0.25, 0.3) is 0 Å². The van der Waals surface area contributed by atoms with Gasteiger partial charge in [0.2, 0.25) is 5.95 Å². The Balaban J connectivity index is 1.40. The first-order valence-electron chi connectivity index (χ1n) is 11.7. The van der Waals surface area contributed by atoms with Gasteiger partial charge in [0.05, 0.1) is 24.0 Å². The molecule has 0 saturated carbocycles. The van der Waals surface area contributed by atoms with Gasteiger partial charge in [-0.15, -0.1) is 0 Å². The first kappa shape index (κ1) is 23.3. The minimum Gasteiger partial charge on any atom is -0.394 e. The second-order valence-corrected chi connectivity index (χ2v) is 9.40. The van der Waals surface area contributed by atoms with E-state index in [-0.39, 0.29) is 12.6 Å². The fraction of sp³-hybridized carbons (Fsp3) is 0.440. The predicted molar refractivity (Wildman–Crippen MR) is 131 cm³/mol. The lowest BCUT2D eigenvalue weighted by Crippen LogP contribution is -2.41. The van der Waals surface area contributed by atoms with Crippen LogP contribution in [0.15, 0.2) is 42.7 Å². The minimum absolute atomic E-state index is 0.114. The van der Waals surface area contributed by atoms with E-state index in [2.05, 4.69) is 14.9 Å². The molecule has 4 heterocycles. The number of rotatable bonds is 6. The highest BCUT2D eigenvalue weighted by atomic mass is 35.5. The molecule has 1 aromatic carbocycles. The number of benzene rings is 1. The molecule has 1 fully saturated rings. The third-order valence-electron chi connectivity index (χ3n) is 6.71. The van der Waals surface area contributed by atoms with Gasteiger partial charge in [-0.1, -0.05) is 23.7 Å². The van der Waals surface area contributed by atoms with Crippen LogP contribution in [0.1, 0.15) is 41.9 Å². The SMILES string of the molecule is Cc1cnc(NC2CCOCC2)nc1-c1cc2n(c1)CCN([C@H](CO)c1cccc(Cl)c1)C2O. The Bertz CT molecular complexity index is 1150. The smallest absolute Gasteiger partial charge is 0.223 e. The zero-order valence-electron chi connectivity index (χ0n) is 19.2. The molecule has 180 valence electrons. The van der Waals surface area contributed by atoms with Crippen LogP contribution in [0.5, 0.6) is 0 Å². The van der Waals surface area contributed by atoms with Gasteiger partial charge in [-0.3, -0.25) is 4.90 Å². The molecule has 9 heteroatoms. The van der Waals surface area contributed by atoms with Gasteiger partial charge < -0.3 is 24.8 Å². The molecule has 3 aromatic rings. The van der Waals surface area contributed by atoms with E-state index in [9.17, 15) is 10.2 Å². The lowest BCUT2D eigenvalue weighted by atomic mass is 10.0. The summed E-state index contributed by atoms with van der Waals surface area (Å²) in [4.78, 5) is 11.2. The van der Waals surface area contributed by atoms with E-state index in [0.717, 1.165) is 54.1 Å². The van der Waals surface area contributed by atoms with E-state index in [1.165, 1.54) is 0 Å². The van der Waals surface area contributed by atoms with Crippen molar-refractivity contribution in [3.8, 4) is 11.3 Å². The third-order valence-corrected chi connectivity index (χ3v) is 6.95. The molecule has 2 aliphatic heterocycles. The quantitative estimate of drug-likeness (QED) is 0.493. The van der Waals surface area contributed by atoms with Gasteiger partial charge in [0.1, 0.15) is 6.23 Å². The lowest BCUT2D eigenvalue weighted by molar-refractivity contribution is -0.0620. The maximum Gasteiger partial charge on any atom is 0.223 e. The number of hydrogen-bond donors (Lipinski definition) is 3. The molecule has 0 aliphatic carbocycles. The van der Waals surface area contributed by atoms with Crippen LogP contribution < -0.4 is 5.32 Å². The highest BCUT2D eigenvalue weighted by Gasteiger charge is 2.33. The van der Waals surface area contributed by atoms with Gasteiger partial charge in [-0.2, -0.15) is 0 Å². The van der Waals surface area contributed by atoms with Crippen LogP contribution in [0.3, 0.4) is 0 Å². The molecule has 8 nitrogen and oxygen atoms in total. The Hall–Kier alpha value is -2.49. The number of anilines is 1. The Morgan fingerprint density at radius 1 is 1.24 bits per heavy atom. The van der Waals surface area contributed by atoms with Crippen LogP contribution in [0.4, 0.5) is 5.95 Å². The number of aromatic nitrogens is 3. The fourth-order valence-electron chi connectivity index (χ4n) is 4.85. The summed E-state index contributed by atoms with van der Waals surface area (Å²) in [6.45, 7) is 4.67. The second kappa shape index (κ2) is 10.0. The molecule has 1 unspecified atom stereocenters. The molecule has 5 rings (SSSR count).